The number of benzene rings is 3. The van der Waals surface area contributed by atoms with Crippen LogP contribution in [0.4, 0.5) is 5.69 Å². The number of amides is 1. The number of carbonyl (C=O) groups excluding carboxylic acids is 2. The number of anilines is 1. The molecular weight excluding hydrogens is 436 g/mol. The Morgan fingerprint density at radius 2 is 1.74 bits per heavy atom. The molecule has 2 N–H and O–H groups in total. The van der Waals surface area contributed by atoms with Gasteiger partial charge in [-0.2, -0.15) is 0 Å². The number of fused-ring (bicyclic) bond motifs is 1. The molecule has 4 rings (SSSR count). The van der Waals surface area contributed by atoms with Crippen LogP contribution in [-0.4, -0.2) is 31.9 Å². The van der Waals surface area contributed by atoms with Crippen LogP contribution >= 0.6 is 0 Å². The summed E-state index contributed by atoms with van der Waals surface area (Å²) in [6.45, 7) is 3.06. The molecule has 1 unspecified atom stereocenters. The first-order valence-electron chi connectivity index (χ1n) is 12.1. The van der Waals surface area contributed by atoms with Gasteiger partial charge in [0.25, 0.3) is 0 Å². The van der Waals surface area contributed by atoms with Crippen molar-refractivity contribution in [2.45, 2.75) is 32.1 Å². The molecule has 35 heavy (non-hydrogen) atoms. The van der Waals surface area contributed by atoms with Crippen LogP contribution in [0, 0.1) is 0 Å². The molecule has 3 aromatic rings. The van der Waals surface area contributed by atoms with Crippen molar-refractivity contribution in [3.05, 3.63) is 101 Å². The highest BCUT2D eigenvalue weighted by molar-refractivity contribution is 6.09. The lowest BCUT2D eigenvalue weighted by Crippen LogP contribution is -2.31. The average molecular weight is 469 g/mol. The van der Waals surface area contributed by atoms with E-state index in [2.05, 4.69) is 29.7 Å². The number of ether oxygens (including phenoxy) is 1. The van der Waals surface area contributed by atoms with Crippen LogP contribution in [0.3, 0.4) is 0 Å². The van der Waals surface area contributed by atoms with E-state index in [0.29, 0.717) is 24.4 Å². The Labute approximate surface area is 207 Å². The molecule has 5 nitrogen and oxygen atoms in total. The summed E-state index contributed by atoms with van der Waals surface area (Å²) >= 11 is 0. The fourth-order valence-corrected chi connectivity index (χ4v) is 4.38. The third kappa shape index (κ3) is 6.18. The van der Waals surface area contributed by atoms with E-state index in [4.69, 9.17) is 4.74 Å². The molecule has 5 heteroatoms. The molecule has 3 aromatic carbocycles. The predicted molar refractivity (Wildman–Crippen MR) is 141 cm³/mol. The third-order valence-electron chi connectivity index (χ3n) is 6.45. The SMILES string of the molecule is CCc1ccc(NCC2=Cc3ccc(OC)cc3C(CC(=O)NCCc3ccccc3)C2=O)cc1. The topological polar surface area (TPSA) is 67.4 Å². The Hall–Kier alpha value is -3.86. The highest BCUT2D eigenvalue weighted by Gasteiger charge is 2.31. The summed E-state index contributed by atoms with van der Waals surface area (Å²) in [6.07, 6.45) is 3.77. The summed E-state index contributed by atoms with van der Waals surface area (Å²) in [6, 6.07) is 24.0. The van der Waals surface area contributed by atoms with E-state index >= 15 is 0 Å². The van der Waals surface area contributed by atoms with Crippen LogP contribution in [0.1, 0.15) is 41.5 Å². The van der Waals surface area contributed by atoms with E-state index in [-0.39, 0.29) is 18.1 Å². The Morgan fingerprint density at radius 1 is 0.971 bits per heavy atom. The van der Waals surface area contributed by atoms with Gasteiger partial charge in [-0.25, -0.2) is 0 Å². The van der Waals surface area contributed by atoms with Gasteiger partial charge in [-0.1, -0.05) is 55.5 Å². The molecule has 0 bridgehead atoms. The standard InChI is InChI=1S/C30H32N2O3/c1-3-21-9-12-25(13-10-21)32-20-24-17-23-11-14-26(35-2)18-27(23)28(30(24)34)19-29(33)31-16-15-22-7-5-4-6-8-22/h4-14,17-18,28,32H,3,15-16,19-20H2,1-2H3,(H,31,33). The van der Waals surface area contributed by atoms with Gasteiger partial charge < -0.3 is 15.4 Å². The number of rotatable bonds is 10. The van der Waals surface area contributed by atoms with E-state index < -0.39 is 5.92 Å². The zero-order valence-electron chi connectivity index (χ0n) is 20.3. The predicted octanol–water partition coefficient (Wildman–Crippen LogP) is 5.17. The second-order valence-corrected chi connectivity index (χ2v) is 8.77. The second-order valence-electron chi connectivity index (χ2n) is 8.77. The lowest BCUT2D eigenvalue weighted by atomic mass is 9.80. The van der Waals surface area contributed by atoms with E-state index in [1.807, 2.05) is 66.7 Å². The molecule has 0 saturated carbocycles. The Balaban J connectivity index is 1.46. The maximum Gasteiger partial charge on any atom is 0.221 e. The van der Waals surface area contributed by atoms with Crippen molar-refractivity contribution in [3.8, 4) is 5.75 Å². The van der Waals surface area contributed by atoms with Gasteiger partial charge in [0.15, 0.2) is 5.78 Å². The van der Waals surface area contributed by atoms with E-state index in [1.165, 1.54) is 11.1 Å². The average Bonchev–Trinajstić information content (AvgIpc) is 2.90. The van der Waals surface area contributed by atoms with Crippen molar-refractivity contribution in [1.82, 2.24) is 5.32 Å². The number of hydrogen-bond donors (Lipinski definition) is 2. The molecular formula is C30H32N2O3. The van der Waals surface area contributed by atoms with Crippen molar-refractivity contribution in [3.63, 3.8) is 0 Å². The lowest BCUT2D eigenvalue weighted by molar-refractivity contribution is -0.125. The normalized spacial score (nSPS) is 14.6. The third-order valence-corrected chi connectivity index (χ3v) is 6.45. The number of Topliss-reactive ketones (excluding diaryl/α,β-unsaturated/α-hetero) is 1. The van der Waals surface area contributed by atoms with E-state index in [0.717, 1.165) is 29.7 Å². The molecule has 0 saturated heterocycles. The summed E-state index contributed by atoms with van der Waals surface area (Å²) in [7, 11) is 1.60. The summed E-state index contributed by atoms with van der Waals surface area (Å²) in [5, 5.41) is 6.35. The van der Waals surface area contributed by atoms with Crippen LogP contribution in [0.2, 0.25) is 0 Å². The second kappa shape index (κ2) is 11.5. The van der Waals surface area contributed by atoms with Gasteiger partial charge in [0.2, 0.25) is 5.91 Å². The molecule has 0 heterocycles. The van der Waals surface area contributed by atoms with Gasteiger partial charge in [-0.15, -0.1) is 0 Å². The number of aryl methyl sites for hydroxylation is 1. The van der Waals surface area contributed by atoms with Gasteiger partial charge >= 0.3 is 0 Å². The lowest BCUT2D eigenvalue weighted by Gasteiger charge is -2.25. The van der Waals surface area contributed by atoms with Crippen molar-refractivity contribution in [2.24, 2.45) is 0 Å². The molecule has 180 valence electrons. The first kappa shape index (κ1) is 24.3. The molecule has 1 aliphatic rings. The number of ketones is 1. The van der Waals surface area contributed by atoms with Crippen LogP contribution in [-0.2, 0) is 22.4 Å². The monoisotopic (exact) mass is 468 g/mol. The summed E-state index contributed by atoms with van der Waals surface area (Å²) in [5.74, 6) is -0.0165. The summed E-state index contributed by atoms with van der Waals surface area (Å²) in [5.41, 5.74) is 5.86. The van der Waals surface area contributed by atoms with Gasteiger partial charge in [-0.3, -0.25) is 9.59 Å². The molecule has 1 atom stereocenters. The minimum absolute atomic E-state index is 0.0263. The Morgan fingerprint density at radius 3 is 2.46 bits per heavy atom. The van der Waals surface area contributed by atoms with E-state index in [9.17, 15) is 9.59 Å². The quantitative estimate of drug-likeness (QED) is 0.431. The van der Waals surface area contributed by atoms with Crippen molar-refractivity contribution < 1.29 is 14.3 Å². The summed E-state index contributed by atoms with van der Waals surface area (Å²) in [4.78, 5) is 26.3. The van der Waals surface area contributed by atoms with Crippen LogP contribution in [0.25, 0.3) is 6.08 Å². The molecule has 0 fully saturated rings. The first-order valence-corrected chi connectivity index (χ1v) is 12.1. The first-order chi connectivity index (χ1) is 17.1. The molecule has 0 radical (unpaired) electrons. The van der Waals surface area contributed by atoms with E-state index in [1.54, 1.807) is 7.11 Å². The van der Waals surface area contributed by atoms with Gasteiger partial charge in [0, 0.05) is 30.8 Å². The zero-order chi connectivity index (χ0) is 24.6. The van der Waals surface area contributed by atoms with Gasteiger partial charge in [0.05, 0.1) is 13.0 Å². The zero-order valence-corrected chi connectivity index (χ0v) is 20.3. The molecule has 1 aliphatic carbocycles. The maximum atomic E-state index is 13.5. The summed E-state index contributed by atoms with van der Waals surface area (Å²) < 4.78 is 5.39. The van der Waals surface area contributed by atoms with Crippen molar-refractivity contribution >= 4 is 23.5 Å². The molecule has 0 spiro atoms. The largest absolute Gasteiger partial charge is 0.497 e. The highest BCUT2D eigenvalue weighted by atomic mass is 16.5. The van der Waals surface area contributed by atoms with Crippen LogP contribution in [0.5, 0.6) is 5.75 Å². The number of nitrogens with one attached hydrogen (secondary N) is 2. The van der Waals surface area contributed by atoms with Crippen molar-refractivity contribution in [2.75, 3.05) is 25.5 Å². The molecule has 1 amide bonds. The Bertz CT molecular complexity index is 1200. The fourth-order valence-electron chi connectivity index (χ4n) is 4.38. The van der Waals surface area contributed by atoms with Gasteiger partial charge in [-0.05, 0) is 65.4 Å². The van der Waals surface area contributed by atoms with Gasteiger partial charge in [0.1, 0.15) is 5.75 Å². The number of carbonyl (C=O) groups is 2. The number of hydrogen-bond acceptors (Lipinski definition) is 4. The fraction of sp³-hybridized carbons (Fsp3) is 0.267. The minimum Gasteiger partial charge on any atom is -0.497 e. The highest BCUT2D eigenvalue weighted by Crippen LogP contribution is 2.35. The van der Waals surface area contributed by atoms with Crippen molar-refractivity contribution in [1.29, 1.82) is 0 Å². The van der Waals surface area contributed by atoms with Crippen LogP contribution < -0.4 is 15.4 Å². The molecule has 0 aliphatic heterocycles. The maximum absolute atomic E-state index is 13.5. The molecule has 0 aromatic heterocycles. The number of methoxy groups -OCH3 is 1. The smallest absolute Gasteiger partial charge is 0.221 e. The Kier molecular flexibility index (Phi) is 7.99. The van der Waals surface area contributed by atoms with Crippen LogP contribution in [0.15, 0.2) is 78.4 Å². The minimum atomic E-state index is -0.541.